The van der Waals surface area contributed by atoms with E-state index in [-0.39, 0.29) is 17.5 Å². The maximum absolute atomic E-state index is 13.1. The lowest BCUT2D eigenvalue weighted by Crippen LogP contribution is -2.40. The van der Waals surface area contributed by atoms with Gasteiger partial charge in [0.15, 0.2) is 5.01 Å². The van der Waals surface area contributed by atoms with Crippen LogP contribution < -0.4 is 5.56 Å². The Labute approximate surface area is 160 Å². The molecule has 1 atom stereocenters. The summed E-state index contributed by atoms with van der Waals surface area (Å²) in [6.07, 6.45) is 4.79. The van der Waals surface area contributed by atoms with Crippen molar-refractivity contribution in [2.24, 2.45) is 0 Å². The van der Waals surface area contributed by atoms with E-state index in [1.165, 1.54) is 11.3 Å². The Bertz CT molecular complexity index is 1050. The average Bonchev–Trinajstić information content (AvgIpc) is 3.40. The maximum Gasteiger partial charge on any atom is 0.283 e. The van der Waals surface area contributed by atoms with Crippen LogP contribution in [-0.2, 0) is 19.4 Å². The zero-order chi connectivity index (χ0) is 18.4. The van der Waals surface area contributed by atoms with Crippen LogP contribution in [0.4, 0.5) is 0 Å². The highest BCUT2D eigenvalue weighted by molar-refractivity contribution is 7.20. The molecule has 2 aliphatic rings. The first kappa shape index (κ1) is 16.6. The van der Waals surface area contributed by atoms with E-state index in [2.05, 4.69) is 10.1 Å². The van der Waals surface area contributed by atoms with Gasteiger partial charge in [0.1, 0.15) is 0 Å². The van der Waals surface area contributed by atoms with Gasteiger partial charge in [0.25, 0.3) is 11.5 Å². The Morgan fingerprint density at radius 2 is 2.11 bits per heavy atom. The number of nitrogens with zero attached hydrogens (tertiary/aromatic N) is 4. The minimum absolute atomic E-state index is 0.00540. The van der Waals surface area contributed by atoms with E-state index in [0.717, 1.165) is 53.6 Å². The van der Waals surface area contributed by atoms with Crippen LogP contribution in [0.15, 0.2) is 35.1 Å². The van der Waals surface area contributed by atoms with Gasteiger partial charge >= 0.3 is 0 Å². The molecule has 1 saturated heterocycles. The van der Waals surface area contributed by atoms with Crippen molar-refractivity contribution >= 4 is 27.5 Å². The number of likely N-dealkylation sites (tertiary alicyclic amines) is 1. The summed E-state index contributed by atoms with van der Waals surface area (Å²) in [7, 11) is 0. The number of carbonyl (C=O) groups excluding carboxylic acids is 1. The number of thiazole rings is 1. The van der Waals surface area contributed by atoms with Crippen molar-refractivity contribution in [2.45, 2.75) is 44.7 Å². The Morgan fingerprint density at radius 1 is 1.22 bits per heavy atom. The van der Waals surface area contributed by atoms with Gasteiger partial charge in [-0.3, -0.25) is 9.59 Å². The number of hydrogen-bond acceptors (Lipinski definition) is 5. The molecule has 6 nitrogen and oxygen atoms in total. The highest BCUT2D eigenvalue weighted by Gasteiger charge is 2.32. The van der Waals surface area contributed by atoms with Crippen molar-refractivity contribution in [2.75, 3.05) is 6.54 Å². The van der Waals surface area contributed by atoms with Crippen molar-refractivity contribution in [3.63, 3.8) is 0 Å². The van der Waals surface area contributed by atoms with Crippen LogP contribution in [0.2, 0.25) is 0 Å². The maximum atomic E-state index is 13.1. The minimum atomic E-state index is -0.0602. The molecule has 1 aromatic carbocycles. The molecule has 7 heteroatoms. The second-order valence-electron chi connectivity index (χ2n) is 7.27. The molecule has 27 heavy (non-hydrogen) atoms. The van der Waals surface area contributed by atoms with Crippen molar-refractivity contribution in [1.82, 2.24) is 19.7 Å². The number of para-hydroxylation sites is 1. The third kappa shape index (κ3) is 2.96. The molecule has 1 unspecified atom stereocenters. The molecule has 3 heterocycles. The van der Waals surface area contributed by atoms with Gasteiger partial charge < -0.3 is 4.90 Å². The molecule has 0 N–H and O–H groups in total. The smallest absolute Gasteiger partial charge is 0.283 e. The number of aromatic nitrogens is 3. The SMILES string of the molecule is O=C(c1nc2ccccc2s1)N1CCCC1Cn1nc2c(cc1=O)CCC2. The lowest BCUT2D eigenvalue weighted by atomic mass is 10.2. The van der Waals surface area contributed by atoms with Crippen molar-refractivity contribution < 1.29 is 4.79 Å². The molecule has 1 aliphatic heterocycles. The molecule has 2 aromatic heterocycles. The first-order chi connectivity index (χ1) is 13.2. The summed E-state index contributed by atoms with van der Waals surface area (Å²) in [6.45, 7) is 1.17. The van der Waals surface area contributed by atoms with Crippen LogP contribution in [0.3, 0.4) is 0 Å². The van der Waals surface area contributed by atoms with E-state index >= 15 is 0 Å². The van der Waals surface area contributed by atoms with E-state index in [1.807, 2.05) is 29.2 Å². The fraction of sp³-hybridized carbons (Fsp3) is 0.400. The highest BCUT2D eigenvalue weighted by atomic mass is 32.1. The number of fused-ring (bicyclic) bond motifs is 2. The molecule has 0 bridgehead atoms. The van der Waals surface area contributed by atoms with E-state index in [4.69, 9.17) is 0 Å². The molecule has 0 radical (unpaired) electrons. The Morgan fingerprint density at radius 3 is 3.00 bits per heavy atom. The summed E-state index contributed by atoms with van der Waals surface area (Å²) in [5.41, 5.74) is 2.93. The zero-order valence-corrected chi connectivity index (χ0v) is 15.7. The molecule has 0 spiro atoms. The number of rotatable bonds is 3. The van der Waals surface area contributed by atoms with Crippen LogP contribution in [-0.4, -0.2) is 38.2 Å². The van der Waals surface area contributed by atoms with Crippen molar-refractivity contribution in [3.05, 3.63) is 57.0 Å². The van der Waals surface area contributed by atoms with Gasteiger partial charge in [0, 0.05) is 12.6 Å². The predicted molar refractivity (Wildman–Crippen MR) is 104 cm³/mol. The first-order valence-corrected chi connectivity index (χ1v) is 10.3. The van der Waals surface area contributed by atoms with Gasteiger partial charge in [-0.1, -0.05) is 12.1 Å². The monoisotopic (exact) mass is 380 g/mol. The van der Waals surface area contributed by atoms with E-state index in [1.54, 1.807) is 10.7 Å². The van der Waals surface area contributed by atoms with E-state index in [9.17, 15) is 9.59 Å². The molecule has 3 aromatic rings. The number of benzene rings is 1. The van der Waals surface area contributed by atoms with Crippen molar-refractivity contribution in [1.29, 1.82) is 0 Å². The molecule has 1 amide bonds. The molecular formula is C20H20N4O2S. The quantitative estimate of drug-likeness (QED) is 0.701. The van der Waals surface area contributed by atoms with Crippen LogP contribution >= 0.6 is 11.3 Å². The normalized spacial score (nSPS) is 19.0. The molecular weight excluding hydrogens is 360 g/mol. The van der Waals surface area contributed by atoms with Crippen LogP contribution in [0.25, 0.3) is 10.2 Å². The topological polar surface area (TPSA) is 68.1 Å². The van der Waals surface area contributed by atoms with E-state index < -0.39 is 0 Å². The number of carbonyl (C=O) groups is 1. The third-order valence-electron chi connectivity index (χ3n) is 5.52. The van der Waals surface area contributed by atoms with Crippen molar-refractivity contribution in [3.8, 4) is 0 Å². The second kappa shape index (κ2) is 6.56. The fourth-order valence-electron chi connectivity index (χ4n) is 4.15. The molecule has 0 saturated carbocycles. The number of amides is 1. The van der Waals surface area contributed by atoms with Crippen LogP contribution in [0.5, 0.6) is 0 Å². The van der Waals surface area contributed by atoms with Crippen LogP contribution in [0.1, 0.15) is 40.3 Å². The minimum Gasteiger partial charge on any atom is -0.332 e. The summed E-state index contributed by atoms with van der Waals surface area (Å²) in [5.74, 6) is -0.0343. The Hall–Kier alpha value is -2.54. The zero-order valence-electron chi connectivity index (χ0n) is 14.9. The predicted octanol–water partition coefficient (Wildman–Crippen LogP) is 2.65. The first-order valence-electron chi connectivity index (χ1n) is 9.45. The fourth-order valence-corrected chi connectivity index (χ4v) is 5.07. The Kier molecular flexibility index (Phi) is 4.04. The van der Waals surface area contributed by atoms with Gasteiger partial charge in [-0.15, -0.1) is 11.3 Å². The highest BCUT2D eigenvalue weighted by Crippen LogP contribution is 2.26. The van der Waals surface area contributed by atoms with E-state index in [0.29, 0.717) is 18.1 Å². The third-order valence-corrected chi connectivity index (χ3v) is 6.55. The Balaban J connectivity index is 1.40. The largest absolute Gasteiger partial charge is 0.332 e. The molecule has 5 rings (SSSR count). The lowest BCUT2D eigenvalue weighted by Gasteiger charge is -2.24. The second-order valence-corrected chi connectivity index (χ2v) is 8.30. The molecule has 138 valence electrons. The van der Waals surface area contributed by atoms with Gasteiger partial charge in [0.2, 0.25) is 0 Å². The number of aryl methyl sites for hydroxylation is 2. The van der Waals surface area contributed by atoms with Gasteiger partial charge in [-0.2, -0.15) is 5.10 Å². The van der Waals surface area contributed by atoms with Gasteiger partial charge in [-0.25, -0.2) is 9.67 Å². The molecule has 1 fully saturated rings. The molecule has 1 aliphatic carbocycles. The summed E-state index contributed by atoms with van der Waals surface area (Å²) in [4.78, 5) is 31.9. The van der Waals surface area contributed by atoms with Gasteiger partial charge in [0.05, 0.1) is 28.5 Å². The lowest BCUT2D eigenvalue weighted by molar-refractivity contribution is 0.0720. The summed E-state index contributed by atoms with van der Waals surface area (Å²) in [6, 6.07) is 9.52. The summed E-state index contributed by atoms with van der Waals surface area (Å²) >= 11 is 1.43. The number of hydrogen-bond donors (Lipinski definition) is 0. The summed E-state index contributed by atoms with van der Waals surface area (Å²) in [5, 5.41) is 5.10. The van der Waals surface area contributed by atoms with Gasteiger partial charge in [-0.05, 0) is 49.8 Å². The van der Waals surface area contributed by atoms with Crippen LogP contribution in [0, 0.1) is 0 Å². The average molecular weight is 380 g/mol. The standard InChI is InChI=1S/C20H20N4O2S/c25-18-11-13-5-3-8-15(13)22-24(18)12-14-6-4-10-23(14)20(26)19-21-16-7-1-2-9-17(16)27-19/h1-2,7,9,11,14H,3-6,8,10,12H2. The summed E-state index contributed by atoms with van der Waals surface area (Å²) < 4.78 is 2.58.